The summed E-state index contributed by atoms with van der Waals surface area (Å²) in [6, 6.07) is 8.12. The molecule has 1 aliphatic carbocycles. The van der Waals surface area contributed by atoms with Gasteiger partial charge < -0.3 is 10.6 Å². The highest BCUT2D eigenvalue weighted by molar-refractivity contribution is 9.10. The molecule has 1 saturated carbocycles. The van der Waals surface area contributed by atoms with Crippen LogP contribution in [0.15, 0.2) is 40.4 Å². The van der Waals surface area contributed by atoms with Crippen LogP contribution < -0.4 is 10.6 Å². The lowest BCUT2D eigenvalue weighted by Crippen LogP contribution is -2.37. The van der Waals surface area contributed by atoms with Crippen LogP contribution >= 0.6 is 28.3 Å². The molecule has 5 heteroatoms. The first kappa shape index (κ1) is 16.5. The van der Waals surface area contributed by atoms with Crippen molar-refractivity contribution in [1.82, 2.24) is 10.6 Å². The summed E-state index contributed by atoms with van der Waals surface area (Å²) in [5, 5.41) is 6.41. The molecule has 0 spiro atoms. The van der Waals surface area contributed by atoms with Crippen LogP contribution in [0.3, 0.4) is 0 Å². The van der Waals surface area contributed by atoms with Gasteiger partial charge in [0.25, 0.3) is 0 Å². The van der Waals surface area contributed by atoms with E-state index in [0.29, 0.717) is 6.54 Å². The van der Waals surface area contributed by atoms with Crippen LogP contribution in [0, 0.1) is 0 Å². The Balaban J connectivity index is 0.00000161. The second-order valence-corrected chi connectivity index (χ2v) is 6.51. The Morgan fingerprint density at radius 3 is 2.81 bits per heavy atom. The number of amides is 1. The summed E-state index contributed by atoms with van der Waals surface area (Å²) in [6.07, 6.45) is 5.12. The summed E-state index contributed by atoms with van der Waals surface area (Å²) in [5.74, 6) is 0.176. The van der Waals surface area contributed by atoms with Gasteiger partial charge >= 0.3 is 0 Å². The Hall–Kier alpha value is -0.840. The molecule has 1 aromatic carbocycles. The minimum absolute atomic E-state index is 0. The predicted octanol–water partition coefficient (Wildman–Crippen LogP) is 2.94. The van der Waals surface area contributed by atoms with E-state index in [1.807, 2.05) is 12.1 Å². The van der Waals surface area contributed by atoms with Gasteiger partial charge in [0, 0.05) is 17.6 Å². The largest absolute Gasteiger partial charge is 0.352 e. The van der Waals surface area contributed by atoms with Gasteiger partial charge in [-0.3, -0.25) is 4.79 Å². The zero-order valence-electron chi connectivity index (χ0n) is 11.8. The Kier molecular flexibility index (Phi) is 5.47. The number of benzene rings is 1. The third-order valence-electron chi connectivity index (χ3n) is 4.20. The molecule has 2 N–H and O–H groups in total. The van der Waals surface area contributed by atoms with Crippen molar-refractivity contribution in [2.24, 2.45) is 0 Å². The van der Waals surface area contributed by atoms with Gasteiger partial charge in [0.2, 0.25) is 5.91 Å². The predicted molar refractivity (Wildman–Crippen MR) is 90.9 cm³/mol. The van der Waals surface area contributed by atoms with E-state index in [-0.39, 0.29) is 23.7 Å². The molecule has 1 fully saturated rings. The Bertz CT molecular complexity index is 555. The Labute approximate surface area is 140 Å². The van der Waals surface area contributed by atoms with Gasteiger partial charge in [0.15, 0.2) is 0 Å². The fourth-order valence-electron chi connectivity index (χ4n) is 2.75. The van der Waals surface area contributed by atoms with Gasteiger partial charge in [-0.2, -0.15) is 0 Å². The van der Waals surface area contributed by atoms with Gasteiger partial charge in [-0.05, 0) is 43.5 Å². The molecule has 1 aromatic rings. The first-order valence-electron chi connectivity index (χ1n) is 7.14. The number of carbonyl (C=O) groups is 1. The third kappa shape index (κ3) is 3.68. The maximum atomic E-state index is 12.5. The summed E-state index contributed by atoms with van der Waals surface area (Å²) >= 11 is 3.49. The second-order valence-electron chi connectivity index (χ2n) is 5.59. The average molecular weight is 372 g/mol. The quantitative estimate of drug-likeness (QED) is 0.799. The summed E-state index contributed by atoms with van der Waals surface area (Å²) in [4.78, 5) is 12.5. The maximum Gasteiger partial charge on any atom is 0.230 e. The van der Waals surface area contributed by atoms with Gasteiger partial charge in [-0.1, -0.05) is 39.7 Å². The van der Waals surface area contributed by atoms with Gasteiger partial charge in [0.1, 0.15) is 0 Å². The molecule has 1 heterocycles. The van der Waals surface area contributed by atoms with Crippen LogP contribution in [0.4, 0.5) is 0 Å². The molecule has 1 aliphatic heterocycles. The SMILES string of the molecule is Cl.O=C(NCC1=CCNCC1)C1(c2cccc(Br)c2)CC1. The second kappa shape index (κ2) is 6.95. The van der Waals surface area contributed by atoms with Gasteiger partial charge in [-0.25, -0.2) is 0 Å². The minimum atomic E-state index is -0.280. The maximum absolute atomic E-state index is 12.5. The van der Waals surface area contributed by atoms with E-state index in [4.69, 9.17) is 0 Å². The highest BCUT2D eigenvalue weighted by atomic mass is 79.9. The molecule has 0 atom stereocenters. The molecule has 0 aromatic heterocycles. The van der Waals surface area contributed by atoms with E-state index in [0.717, 1.165) is 42.4 Å². The van der Waals surface area contributed by atoms with Crippen molar-refractivity contribution in [3.8, 4) is 0 Å². The molecule has 3 rings (SSSR count). The van der Waals surface area contributed by atoms with Crippen molar-refractivity contribution in [3.63, 3.8) is 0 Å². The fraction of sp³-hybridized carbons (Fsp3) is 0.438. The fourth-order valence-corrected chi connectivity index (χ4v) is 3.15. The van der Waals surface area contributed by atoms with Crippen molar-refractivity contribution in [2.75, 3.05) is 19.6 Å². The van der Waals surface area contributed by atoms with Crippen LogP contribution in [0.1, 0.15) is 24.8 Å². The number of nitrogens with one attached hydrogen (secondary N) is 2. The lowest BCUT2D eigenvalue weighted by atomic mass is 9.95. The smallest absolute Gasteiger partial charge is 0.230 e. The molecule has 0 bridgehead atoms. The standard InChI is InChI=1S/C16H19BrN2O.ClH/c17-14-3-1-2-13(10-14)16(6-7-16)15(20)19-11-12-4-8-18-9-5-12;/h1-4,10,18H,5-9,11H2,(H,19,20);1H. The van der Waals surface area contributed by atoms with Crippen molar-refractivity contribution in [2.45, 2.75) is 24.7 Å². The van der Waals surface area contributed by atoms with E-state index in [1.54, 1.807) is 0 Å². The minimum Gasteiger partial charge on any atom is -0.352 e. The van der Waals surface area contributed by atoms with E-state index < -0.39 is 0 Å². The summed E-state index contributed by atoms with van der Waals surface area (Å²) in [7, 11) is 0. The first-order valence-corrected chi connectivity index (χ1v) is 7.93. The summed E-state index contributed by atoms with van der Waals surface area (Å²) in [5.41, 5.74) is 2.18. The van der Waals surface area contributed by atoms with Crippen LogP contribution in [0.25, 0.3) is 0 Å². The van der Waals surface area contributed by atoms with Crippen molar-refractivity contribution >= 4 is 34.2 Å². The van der Waals surface area contributed by atoms with Crippen LogP contribution in [-0.2, 0) is 10.2 Å². The van der Waals surface area contributed by atoms with Crippen LogP contribution in [-0.4, -0.2) is 25.5 Å². The van der Waals surface area contributed by atoms with E-state index in [2.05, 4.69) is 44.8 Å². The molecular formula is C16H20BrClN2O. The molecule has 0 radical (unpaired) electrons. The molecule has 3 nitrogen and oxygen atoms in total. The topological polar surface area (TPSA) is 41.1 Å². The highest BCUT2D eigenvalue weighted by Crippen LogP contribution is 2.48. The summed E-state index contributed by atoms with van der Waals surface area (Å²) in [6.45, 7) is 2.62. The molecular weight excluding hydrogens is 352 g/mol. The van der Waals surface area contributed by atoms with Crippen molar-refractivity contribution in [1.29, 1.82) is 0 Å². The number of halogens is 2. The lowest BCUT2D eigenvalue weighted by molar-refractivity contribution is -0.123. The highest BCUT2D eigenvalue weighted by Gasteiger charge is 2.51. The normalized spacial score (nSPS) is 19.2. The molecule has 0 unspecified atom stereocenters. The molecule has 1 amide bonds. The van der Waals surface area contributed by atoms with Crippen LogP contribution in [0.2, 0.25) is 0 Å². The van der Waals surface area contributed by atoms with E-state index in [9.17, 15) is 4.79 Å². The monoisotopic (exact) mass is 370 g/mol. The molecule has 0 saturated heterocycles. The van der Waals surface area contributed by atoms with Gasteiger partial charge in [-0.15, -0.1) is 12.4 Å². The average Bonchev–Trinajstić information content (AvgIpc) is 3.28. The Morgan fingerprint density at radius 1 is 1.38 bits per heavy atom. The van der Waals surface area contributed by atoms with Gasteiger partial charge in [0.05, 0.1) is 5.41 Å². The Morgan fingerprint density at radius 2 is 2.19 bits per heavy atom. The lowest BCUT2D eigenvalue weighted by Gasteiger charge is -2.19. The van der Waals surface area contributed by atoms with Crippen molar-refractivity contribution < 1.29 is 4.79 Å². The van der Waals surface area contributed by atoms with E-state index in [1.165, 1.54) is 5.57 Å². The number of hydrogen-bond donors (Lipinski definition) is 2. The number of hydrogen-bond acceptors (Lipinski definition) is 2. The van der Waals surface area contributed by atoms with Crippen LogP contribution in [0.5, 0.6) is 0 Å². The molecule has 114 valence electrons. The third-order valence-corrected chi connectivity index (χ3v) is 4.69. The molecule has 2 aliphatic rings. The number of rotatable bonds is 4. The van der Waals surface area contributed by atoms with E-state index >= 15 is 0 Å². The van der Waals surface area contributed by atoms with Crippen molar-refractivity contribution in [3.05, 3.63) is 46.0 Å². The molecule has 21 heavy (non-hydrogen) atoms. The zero-order valence-corrected chi connectivity index (χ0v) is 14.2. The summed E-state index contributed by atoms with van der Waals surface area (Å²) < 4.78 is 1.04. The zero-order chi connectivity index (χ0) is 14.0. The number of carbonyl (C=O) groups excluding carboxylic acids is 1. The first-order chi connectivity index (χ1) is 9.71.